The van der Waals surface area contributed by atoms with Gasteiger partial charge in [-0.3, -0.25) is 0 Å². The molecule has 2 atom stereocenters. The predicted octanol–water partition coefficient (Wildman–Crippen LogP) is 1.30. The third kappa shape index (κ3) is 3.48. The van der Waals surface area contributed by atoms with Gasteiger partial charge in [0.25, 0.3) is 0 Å². The van der Waals surface area contributed by atoms with E-state index in [4.69, 9.17) is 9.47 Å². The maximum Gasteiger partial charge on any atom is 0.244 e. The second-order valence-corrected chi connectivity index (χ2v) is 7.08. The van der Waals surface area contributed by atoms with E-state index in [1.54, 1.807) is 18.2 Å². The van der Waals surface area contributed by atoms with Crippen LogP contribution in [0.3, 0.4) is 0 Å². The van der Waals surface area contributed by atoms with Gasteiger partial charge < -0.3 is 14.8 Å². The first-order chi connectivity index (χ1) is 10.1. The van der Waals surface area contributed by atoms with E-state index in [0.29, 0.717) is 24.7 Å². The Kier molecular flexibility index (Phi) is 5.55. The standard InChI is InChI=1S/C14H20N2O4S.ClH/c1-10-11(4-3-7-15-10)16-21(17,18)13-6-2-5-12-14(13)20-9-8-19-12;/h2,5-6,10-11,15-16H,3-4,7-9H2,1H3;1H. The summed E-state index contributed by atoms with van der Waals surface area (Å²) in [6.45, 7) is 3.72. The zero-order valence-corrected chi connectivity index (χ0v) is 14.0. The van der Waals surface area contributed by atoms with E-state index >= 15 is 0 Å². The SMILES string of the molecule is CC1NCCCC1NS(=O)(=O)c1cccc2c1OCCO2.Cl. The summed E-state index contributed by atoms with van der Waals surface area (Å²) in [5.41, 5.74) is 0. The Hall–Kier alpha value is -1.02. The van der Waals surface area contributed by atoms with Gasteiger partial charge in [0.15, 0.2) is 11.5 Å². The van der Waals surface area contributed by atoms with Crippen molar-refractivity contribution in [2.75, 3.05) is 19.8 Å². The lowest BCUT2D eigenvalue weighted by molar-refractivity contribution is 0.167. The molecular formula is C14H21ClN2O4S. The molecule has 1 fully saturated rings. The highest BCUT2D eigenvalue weighted by atomic mass is 35.5. The van der Waals surface area contributed by atoms with Crippen molar-refractivity contribution in [1.82, 2.24) is 10.0 Å². The number of nitrogens with one attached hydrogen (secondary N) is 2. The van der Waals surface area contributed by atoms with E-state index in [1.165, 1.54) is 0 Å². The molecule has 6 nitrogen and oxygen atoms in total. The van der Waals surface area contributed by atoms with Gasteiger partial charge in [-0.05, 0) is 38.4 Å². The van der Waals surface area contributed by atoms with E-state index in [9.17, 15) is 8.42 Å². The molecule has 1 aromatic carbocycles. The van der Waals surface area contributed by atoms with Gasteiger partial charge in [0.1, 0.15) is 18.1 Å². The molecule has 0 amide bonds. The zero-order chi connectivity index (χ0) is 14.9. The lowest BCUT2D eigenvalue weighted by atomic mass is 10.0. The zero-order valence-electron chi connectivity index (χ0n) is 12.4. The summed E-state index contributed by atoms with van der Waals surface area (Å²) in [4.78, 5) is 0.150. The van der Waals surface area contributed by atoms with E-state index in [2.05, 4.69) is 10.0 Å². The van der Waals surface area contributed by atoms with Gasteiger partial charge in [-0.25, -0.2) is 13.1 Å². The number of fused-ring (bicyclic) bond motifs is 1. The minimum atomic E-state index is -3.63. The largest absolute Gasteiger partial charge is 0.486 e. The highest BCUT2D eigenvalue weighted by molar-refractivity contribution is 7.89. The number of para-hydroxylation sites is 1. The summed E-state index contributed by atoms with van der Waals surface area (Å²) in [7, 11) is -3.63. The van der Waals surface area contributed by atoms with Crippen molar-refractivity contribution in [3.8, 4) is 11.5 Å². The fraction of sp³-hybridized carbons (Fsp3) is 0.571. The van der Waals surface area contributed by atoms with E-state index < -0.39 is 10.0 Å². The monoisotopic (exact) mass is 348 g/mol. The number of sulfonamides is 1. The van der Waals surface area contributed by atoms with Gasteiger partial charge in [0, 0.05) is 12.1 Å². The summed E-state index contributed by atoms with van der Waals surface area (Å²) >= 11 is 0. The van der Waals surface area contributed by atoms with Crippen molar-refractivity contribution < 1.29 is 17.9 Å². The first kappa shape index (κ1) is 17.3. The maximum atomic E-state index is 12.6. The highest BCUT2D eigenvalue weighted by Crippen LogP contribution is 2.36. The molecule has 0 saturated carbocycles. The minimum Gasteiger partial charge on any atom is -0.486 e. The van der Waals surface area contributed by atoms with Crippen molar-refractivity contribution in [1.29, 1.82) is 0 Å². The molecule has 3 rings (SSSR count). The summed E-state index contributed by atoms with van der Waals surface area (Å²) in [5.74, 6) is 0.798. The van der Waals surface area contributed by atoms with Crippen LogP contribution in [0.5, 0.6) is 11.5 Å². The van der Waals surface area contributed by atoms with Gasteiger partial charge in [0.2, 0.25) is 10.0 Å². The molecule has 0 radical (unpaired) electrons. The van der Waals surface area contributed by atoms with Crippen molar-refractivity contribution in [3.63, 3.8) is 0 Å². The molecule has 0 spiro atoms. The van der Waals surface area contributed by atoms with Crippen LogP contribution in [0.4, 0.5) is 0 Å². The molecule has 0 bridgehead atoms. The Morgan fingerprint density at radius 3 is 2.82 bits per heavy atom. The topological polar surface area (TPSA) is 76.7 Å². The smallest absolute Gasteiger partial charge is 0.244 e. The lowest BCUT2D eigenvalue weighted by Gasteiger charge is -2.30. The maximum absolute atomic E-state index is 12.6. The second-order valence-electron chi connectivity index (χ2n) is 5.39. The van der Waals surface area contributed by atoms with Crippen LogP contribution in [0.25, 0.3) is 0 Å². The average Bonchev–Trinajstić information content (AvgIpc) is 2.49. The Labute approximate surface area is 137 Å². The fourth-order valence-corrected chi connectivity index (χ4v) is 4.24. The molecule has 1 aromatic rings. The predicted molar refractivity (Wildman–Crippen MR) is 85.5 cm³/mol. The normalized spacial score (nSPS) is 24.4. The third-order valence-corrected chi connectivity index (χ3v) is 5.40. The van der Waals surface area contributed by atoms with Crippen molar-refractivity contribution in [2.45, 2.75) is 36.7 Å². The third-order valence-electron chi connectivity index (χ3n) is 3.89. The van der Waals surface area contributed by atoms with Crippen LogP contribution in [-0.4, -0.2) is 40.3 Å². The summed E-state index contributed by atoms with van der Waals surface area (Å²) in [6, 6.07) is 4.95. The van der Waals surface area contributed by atoms with Crippen LogP contribution >= 0.6 is 12.4 Å². The minimum absolute atomic E-state index is 0. The Morgan fingerprint density at radius 1 is 1.27 bits per heavy atom. The molecule has 2 aliphatic rings. The van der Waals surface area contributed by atoms with Crippen LogP contribution in [0.15, 0.2) is 23.1 Å². The van der Waals surface area contributed by atoms with Crippen LogP contribution in [0.2, 0.25) is 0 Å². The molecule has 2 N–H and O–H groups in total. The first-order valence-corrected chi connectivity index (χ1v) is 8.70. The number of ether oxygens (including phenoxy) is 2. The van der Waals surface area contributed by atoms with Crippen molar-refractivity contribution in [2.24, 2.45) is 0 Å². The van der Waals surface area contributed by atoms with E-state index in [-0.39, 0.29) is 29.4 Å². The summed E-state index contributed by atoms with van der Waals surface area (Å²) < 4.78 is 39.0. The van der Waals surface area contributed by atoms with Gasteiger partial charge in [-0.15, -0.1) is 12.4 Å². The number of hydrogen-bond donors (Lipinski definition) is 2. The molecule has 8 heteroatoms. The molecule has 124 valence electrons. The number of hydrogen-bond acceptors (Lipinski definition) is 5. The number of benzene rings is 1. The molecule has 1 saturated heterocycles. The Balaban J connectivity index is 0.00000176. The lowest BCUT2D eigenvalue weighted by Crippen LogP contribution is -2.51. The first-order valence-electron chi connectivity index (χ1n) is 7.22. The van der Waals surface area contributed by atoms with E-state index in [0.717, 1.165) is 19.4 Å². The molecule has 0 aliphatic carbocycles. The molecular weight excluding hydrogens is 328 g/mol. The van der Waals surface area contributed by atoms with Crippen molar-refractivity contribution in [3.05, 3.63) is 18.2 Å². The second kappa shape index (κ2) is 7.04. The van der Waals surface area contributed by atoms with Crippen molar-refractivity contribution >= 4 is 22.4 Å². The summed E-state index contributed by atoms with van der Waals surface area (Å²) in [5, 5.41) is 3.29. The molecule has 22 heavy (non-hydrogen) atoms. The molecule has 2 unspecified atom stereocenters. The van der Waals surface area contributed by atoms with Gasteiger partial charge in [0.05, 0.1) is 0 Å². The number of halogens is 1. The number of rotatable bonds is 3. The molecule has 0 aromatic heterocycles. The number of piperidine rings is 1. The van der Waals surface area contributed by atoms with Crippen LogP contribution in [0, 0.1) is 0 Å². The fourth-order valence-electron chi connectivity index (χ4n) is 2.73. The van der Waals surface area contributed by atoms with Gasteiger partial charge >= 0.3 is 0 Å². The summed E-state index contributed by atoms with van der Waals surface area (Å²) in [6.07, 6.45) is 1.80. The van der Waals surface area contributed by atoms with Crippen LogP contribution in [-0.2, 0) is 10.0 Å². The van der Waals surface area contributed by atoms with Gasteiger partial charge in [-0.1, -0.05) is 6.07 Å². The quantitative estimate of drug-likeness (QED) is 0.861. The Morgan fingerprint density at radius 2 is 2.05 bits per heavy atom. The highest BCUT2D eigenvalue weighted by Gasteiger charge is 2.30. The van der Waals surface area contributed by atoms with E-state index in [1.807, 2.05) is 6.92 Å². The molecule has 2 aliphatic heterocycles. The van der Waals surface area contributed by atoms with Crippen LogP contribution in [0.1, 0.15) is 19.8 Å². The molecule has 2 heterocycles. The van der Waals surface area contributed by atoms with Gasteiger partial charge in [-0.2, -0.15) is 0 Å². The average molecular weight is 349 g/mol. The van der Waals surface area contributed by atoms with Crippen LogP contribution < -0.4 is 19.5 Å². The Bertz CT molecular complexity index is 623.